The fourth-order valence-electron chi connectivity index (χ4n) is 2.65. The van der Waals surface area contributed by atoms with Crippen LogP contribution < -0.4 is 10.6 Å². The van der Waals surface area contributed by atoms with Gasteiger partial charge in [0.15, 0.2) is 5.96 Å². The summed E-state index contributed by atoms with van der Waals surface area (Å²) in [6, 6.07) is 0. The average molecular weight is 343 g/mol. The third-order valence-electron chi connectivity index (χ3n) is 3.94. The van der Waals surface area contributed by atoms with Gasteiger partial charge in [-0.05, 0) is 51.0 Å². The fourth-order valence-corrected chi connectivity index (χ4v) is 3.14. The van der Waals surface area contributed by atoms with Gasteiger partial charge in [0, 0.05) is 39.1 Å². The summed E-state index contributed by atoms with van der Waals surface area (Å²) in [6.45, 7) is 6.47. The third kappa shape index (κ3) is 9.74. The predicted molar refractivity (Wildman–Crippen MR) is 101 cm³/mol. The molecule has 0 bridgehead atoms. The number of hydrogen-bond acceptors (Lipinski definition) is 3. The van der Waals surface area contributed by atoms with Crippen LogP contribution in [-0.4, -0.2) is 61.5 Å². The second-order valence-corrected chi connectivity index (χ2v) is 6.92. The summed E-state index contributed by atoms with van der Waals surface area (Å²) in [4.78, 5) is 18.6. The van der Waals surface area contributed by atoms with Crippen LogP contribution in [0.25, 0.3) is 0 Å². The highest BCUT2D eigenvalue weighted by molar-refractivity contribution is 7.98. The lowest BCUT2D eigenvalue weighted by molar-refractivity contribution is -0.130. The average Bonchev–Trinajstić information content (AvgIpc) is 2.75. The normalized spacial score (nSPS) is 16.3. The molecule has 1 rings (SSSR count). The van der Waals surface area contributed by atoms with Crippen molar-refractivity contribution in [1.82, 2.24) is 15.5 Å². The Morgan fingerprint density at radius 3 is 2.87 bits per heavy atom. The van der Waals surface area contributed by atoms with Gasteiger partial charge in [0.05, 0.1) is 0 Å². The number of carbonyl (C=O) groups excluding carboxylic acids is 1. The highest BCUT2D eigenvalue weighted by Crippen LogP contribution is 2.11. The summed E-state index contributed by atoms with van der Waals surface area (Å²) in [5.74, 6) is 2.45. The van der Waals surface area contributed by atoms with Crippen molar-refractivity contribution in [2.45, 2.75) is 51.9 Å². The molecule has 0 aromatic rings. The van der Waals surface area contributed by atoms with Crippen LogP contribution in [0.15, 0.2) is 4.99 Å². The molecule has 2 N–H and O–H groups in total. The zero-order valence-electron chi connectivity index (χ0n) is 14.9. The number of aliphatic imine (C=N–C) groups is 1. The number of amides is 1. The Balaban J connectivity index is 2.23. The van der Waals surface area contributed by atoms with Crippen molar-refractivity contribution >= 4 is 23.6 Å². The van der Waals surface area contributed by atoms with Gasteiger partial charge >= 0.3 is 0 Å². The first-order chi connectivity index (χ1) is 11.3. The quantitative estimate of drug-likeness (QED) is 0.364. The van der Waals surface area contributed by atoms with Crippen molar-refractivity contribution in [1.29, 1.82) is 0 Å². The minimum absolute atomic E-state index is 0.324. The second kappa shape index (κ2) is 13.5. The van der Waals surface area contributed by atoms with Crippen LogP contribution in [0, 0.1) is 0 Å². The predicted octanol–water partition coefficient (Wildman–Crippen LogP) is 2.48. The minimum atomic E-state index is 0.324. The molecule has 0 radical (unpaired) electrons. The van der Waals surface area contributed by atoms with Crippen LogP contribution in [0.1, 0.15) is 51.9 Å². The van der Waals surface area contributed by atoms with Gasteiger partial charge in [-0.25, -0.2) is 0 Å². The van der Waals surface area contributed by atoms with E-state index >= 15 is 0 Å². The first-order valence-corrected chi connectivity index (χ1v) is 10.5. The number of carbonyl (C=O) groups is 1. The maximum atomic E-state index is 11.9. The molecule has 0 saturated carbocycles. The SMILES string of the molecule is CCNC(=NCCCN1CCCCCC1=O)NCCCCSC. The van der Waals surface area contributed by atoms with Crippen molar-refractivity contribution in [3.05, 3.63) is 0 Å². The van der Waals surface area contributed by atoms with E-state index in [2.05, 4.69) is 28.8 Å². The lowest BCUT2D eigenvalue weighted by Crippen LogP contribution is -2.38. The molecule has 134 valence electrons. The summed E-state index contributed by atoms with van der Waals surface area (Å²) < 4.78 is 0. The number of nitrogens with one attached hydrogen (secondary N) is 2. The summed E-state index contributed by atoms with van der Waals surface area (Å²) in [5.41, 5.74) is 0. The molecule has 5 nitrogen and oxygen atoms in total. The highest BCUT2D eigenvalue weighted by atomic mass is 32.2. The largest absolute Gasteiger partial charge is 0.357 e. The van der Waals surface area contributed by atoms with E-state index in [0.29, 0.717) is 5.91 Å². The van der Waals surface area contributed by atoms with Gasteiger partial charge in [0.1, 0.15) is 0 Å². The lowest BCUT2D eigenvalue weighted by atomic mass is 10.2. The molecular weight excluding hydrogens is 308 g/mol. The molecule has 6 heteroatoms. The van der Waals surface area contributed by atoms with Crippen LogP contribution in [-0.2, 0) is 4.79 Å². The Morgan fingerprint density at radius 1 is 1.22 bits per heavy atom. The fraction of sp³-hybridized carbons (Fsp3) is 0.882. The molecule has 1 aliphatic heterocycles. The molecule has 1 heterocycles. The standard InChI is InChI=1S/C17H34N4OS/c1-3-18-17(19-11-6-8-15-23-2)20-12-9-14-21-13-7-4-5-10-16(21)22/h3-15H2,1-2H3,(H2,18,19,20). The number of thioether (sulfide) groups is 1. The molecule has 1 fully saturated rings. The summed E-state index contributed by atoms with van der Waals surface area (Å²) in [5, 5.41) is 6.67. The Hall–Kier alpha value is -0.910. The zero-order valence-corrected chi connectivity index (χ0v) is 15.7. The van der Waals surface area contributed by atoms with Crippen molar-refractivity contribution in [2.75, 3.05) is 44.7 Å². The Labute approximate surface area is 146 Å². The van der Waals surface area contributed by atoms with Crippen molar-refractivity contribution in [2.24, 2.45) is 4.99 Å². The smallest absolute Gasteiger partial charge is 0.222 e. The molecule has 0 unspecified atom stereocenters. The first-order valence-electron chi connectivity index (χ1n) is 9.06. The second-order valence-electron chi connectivity index (χ2n) is 5.93. The van der Waals surface area contributed by atoms with Gasteiger partial charge in [-0.3, -0.25) is 9.79 Å². The van der Waals surface area contributed by atoms with Crippen LogP contribution in [0.2, 0.25) is 0 Å². The maximum Gasteiger partial charge on any atom is 0.222 e. The van der Waals surface area contributed by atoms with Crippen LogP contribution >= 0.6 is 11.8 Å². The van der Waals surface area contributed by atoms with E-state index in [9.17, 15) is 4.79 Å². The summed E-state index contributed by atoms with van der Waals surface area (Å²) in [6.07, 6.45) is 9.61. The number of likely N-dealkylation sites (tertiary alicyclic amines) is 1. The molecule has 1 aliphatic rings. The molecule has 0 atom stereocenters. The van der Waals surface area contributed by atoms with E-state index in [0.717, 1.165) is 64.4 Å². The third-order valence-corrected chi connectivity index (χ3v) is 4.64. The Bertz CT molecular complexity index is 349. The molecular formula is C17H34N4OS. The van der Waals surface area contributed by atoms with Gasteiger partial charge in [-0.1, -0.05) is 6.42 Å². The van der Waals surface area contributed by atoms with Gasteiger partial charge in [-0.15, -0.1) is 0 Å². The number of hydrogen-bond donors (Lipinski definition) is 2. The molecule has 1 amide bonds. The first kappa shape index (κ1) is 20.1. The molecule has 0 aromatic carbocycles. The molecule has 23 heavy (non-hydrogen) atoms. The van der Waals surface area contributed by atoms with E-state index in [-0.39, 0.29) is 0 Å². The molecule has 1 saturated heterocycles. The lowest BCUT2D eigenvalue weighted by Gasteiger charge is -2.20. The highest BCUT2D eigenvalue weighted by Gasteiger charge is 2.15. The Morgan fingerprint density at radius 2 is 2.09 bits per heavy atom. The van der Waals surface area contributed by atoms with E-state index < -0.39 is 0 Å². The topological polar surface area (TPSA) is 56.7 Å². The number of guanidine groups is 1. The van der Waals surface area contributed by atoms with Gasteiger partial charge in [-0.2, -0.15) is 11.8 Å². The van der Waals surface area contributed by atoms with Crippen molar-refractivity contribution in [3.8, 4) is 0 Å². The van der Waals surface area contributed by atoms with Crippen LogP contribution in [0.5, 0.6) is 0 Å². The number of unbranched alkanes of at least 4 members (excludes halogenated alkanes) is 1. The van der Waals surface area contributed by atoms with Crippen LogP contribution in [0.4, 0.5) is 0 Å². The maximum absolute atomic E-state index is 11.9. The minimum Gasteiger partial charge on any atom is -0.357 e. The summed E-state index contributed by atoms with van der Waals surface area (Å²) >= 11 is 1.90. The Kier molecular flexibility index (Phi) is 11.8. The molecule has 0 aromatic heterocycles. The van der Waals surface area contributed by atoms with Crippen LogP contribution in [0.3, 0.4) is 0 Å². The van der Waals surface area contributed by atoms with E-state index in [4.69, 9.17) is 0 Å². The monoisotopic (exact) mass is 342 g/mol. The van der Waals surface area contributed by atoms with Gasteiger partial charge < -0.3 is 15.5 Å². The van der Waals surface area contributed by atoms with Gasteiger partial charge in [0.25, 0.3) is 0 Å². The van der Waals surface area contributed by atoms with Crippen molar-refractivity contribution in [3.63, 3.8) is 0 Å². The number of rotatable bonds is 10. The van der Waals surface area contributed by atoms with E-state index in [1.165, 1.54) is 25.0 Å². The summed E-state index contributed by atoms with van der Waals surface area (Å²) in [7, 11) is 0. The van der Waals surface area contributed by atoms with Gasteiger partial charge in [0.2, 0.25) is 5.91 Å². The van der Waals surface area contributed by atoms with E-state index in [1.54, 1.807) is 0 Å². The molecule has 0 aliphatic carbocycles. The molecule has 0 spiro atoms. The van der Waals surface area contributed by atoms with Crippen molar-refractivity contribution < 1.29 is 4.79 Å². The number of nitrogens with zero attached hydrogens (tertiary/aromatic N) is 2. The zero-order chi connectivity index (χ0) is 16.8. The van der Waals surface area contributed by atoms with E-state index in [1.807, 2.05) is 16.7 Å².